The number of carbonyl (C=O) groups excluding carboxylic acids is 1. The lowest BCUT2D eigenvalue weighted by molar-refractivity contribution is 0.107. The van der Waals surface area contributed by atoms with Gasteiger partial charge in [0.05, 0.1) is 0 Å². The van der Waals surface area contributed by atoms with Crippen LogP contribution in [0.25, 0.3) is 0 Å². The lowest BCUT2D eigenvalue weighted by Crippen LogP contribution is -2.28. The van der Waals surface area contributed by atoms with E-state index in [1.807, 2.05) is 78.6 Å². The molecule has 0 aliphatic carbocycles. The van der Waals surface area contributed by atoms with Gasteiger partial charge in [-0.15, -0.1) is 0 Å². The van der Waals surface area contributed by atoms with Crippen LogP contribution in [0.4, 0.5) is 0 Å². The Balaban J connectivity index is 2.04. The summed E-state index contributed by atoms with van der Waals surface area (Å²) < 4.78 is 0. The van der Waals surface area contributed by atoms with Crippen molar-refractivity contribution in [3.8, 4) is 0 Å². The van der Waals surface area contributed by atoms with Gasteiger partial charge in [-0.25, -0.2) is 0 Å². The standard InChI is InChI=1S/C30H25OP/c31-30(26-17-9-4-2-1-3-5-10-18-26)25-32(27-19-11-6-12-20-27,28-21-13-7-14-22-28)29-23-15-8-16-24-29/h1-25H. The highest BCUT2D eigenvalue weighted by atomic mass is 31.2. The van der Waals surface area contributed by atoms with Gasteiger partial charge in [-0.3, -0.25) is 4.79 Å². The fourth-order valence-corrected chi connectivity index (χ4v) is 7.54. The second-order valence-electron chi connectivity index (χ2n) is 7.36. The molecule has 2 heteroatoms. The maximum Gasteiger partial charge on any atom is 0.186 e. The highest BCUT2D eigenvalue weighted by Crippen LogP contribution is 2.43. The molecule has 4 aromatic rings. The first kappa shape index (κ1) is 21.6. The van der Waals surface area contributed by atoms with E-state index in [1.165, 1.54) is 0 Å². The Labute approximate surface area is 190 Å². The van der Waals surface area contributed by atoms with Gasteiger partial charge in [-0.2, -0.15) is 0 Å². The molecule has 0 amide bonds. The first-order valence-corrected chi connectivity index (χ1v) is 12.5. The van der Waals surface area contributed by atoms with E-state index in [0.29, 0.717) is 5.56 Å². The molecule has 0 saturated carbocycles. The molecule has 1 nitrogen and oxygen atoms in total. The third-order valence-corrected chi connectivity index (χ3v) is 9.26. The summed E-state index contributed by atoms with van der Waals surface area (Å²) in [5, 5.41) is 3.48. The first-order chi connectivity index (χ1) is 15.8. The number of hydrogen-bond acceptors (Lipinski definition) is 1. The molecule has 0 unspecified atom stereocenters. The maximum absolute atomic E-state index is 13.8. The third kappa shape index (κ3) is 4.80. The molecule has 0 aliphatic rings. The summed E-state index contributed by atoms with van der Waals surface area (Å²) in [7, 11) is 0. The Bertz CT molecular complexity index is 1150. The second kappa shape index (κ2) is 10.6. The molecule has 4 aromatic carbocycles. The number of carbonyl (C=O) groups is 1. The van der Waals surface area contributed by atoms with Crippen molar-refractivity contribution in [1.29, 1.82) is 0 Å². The highest BCUT2D eigenvalue weighted by molar-refractivity contribution is 7.95. The number of benzene rings is 3. The summed E-state index contributed by atoms with van der Waals surface area (Å²) in [5.41, 5.74) is 0.661. The average molecular weight is 433 g/mol. The van der Waals surface area contributed by atoms with Crippen molar-refractivity contribution in [2.24, 2.45) is 0 Å². The Kier molecular flexibility index (Phi) is 7.12. The van der Waals surface area contributed by atoms with E-state index in [2.05, 4.69) is 72.8 Å². The van der Waals surface area contributed by atoms with E-state index < -0.39 is 6.89 Å². The van der Waals surface area contributed by atoms with Gasteiger partial charge in [0, 0.05) is 5.56 Å². The van der Waals surface area contributed by atoms with E-state index in [1.54, 1.807) is 0 Å². The van der Waals surface area contributed by atoms with Crippen molar-refractivity contribution in [1.82, 2.24) is 0 Å². The molecule has 0 saturated heterocycles. The van der Waals surface area contributed by atoms with Crippen molar-refractivity contribution in [3.05, 3.63) is 151 Å². The van der Waals surface area contributed by atoms with Crippen LogP contribution in [-0.2, 0) is 0 Å². The first-order valence-electron chi connectivity index (χ1n) is 10.6. The summed E-state index contributed by atoms with van der Waals surface area (Å²) in [6.07, 6.45) is 0. The number of ketones is 1. The van der Waals surface area contributed by atoms with Gasteiger partial charge in [-0.05, 0) is 28.6 Å². The largest absolute Gasteiger partial charge is 0.289 e. The molecule has 4 rings (SSSR count). The lowest BCUT2D eigenvalue weighted by Gasteiger charge is -2.28. The van der Waals surface area contributed by atoms with E-state index >= 15 is 0 Å². The smallest absolute Gasteiger partial charge is 0.186 e. The number of rotatable bonds is 5. The molecule has 0 aromatic heterocycles. The van der Waals surface area contributed by atoms with Gasteiger partial charge < -0.3 is 0 Å². The molecule has 0 fully saturated rings. The quantitative estimate of drug-likeness (QED) is 0.288. The SMILES string of the molecule is O=C(C=P(c1ccccc1)(c1ccccc1)c1ccccc1)c1ccccccccc1. The van der Waals surface area contributed by atoms with Gasteiger partial charge in [0.25, 0.3) is 0 Å². The zero-order valence-corrected chi connectivity index (χ0v) is 18.7. The Morgan fingerprint density at radius 1 is 0.438 bits per heavy atom. The van der Waals surface area contributed by atoms with E-state index in [-0.39, 0.29) is 5.78 Å². The zero-order valence-electron chi connectivity index (χ0n) is 17.8. The summed E-state index contributed by atoms with van der Waals surface area (Å²) in [5.74, 6) is 2.00. The van der Waals surface area contributed by atoms with Crippen molar-refractivity contribution in [2.45, 2.75) is 0 Å². The minimum atomic E-state index is -2.33. The zero-order chi connectivity index (χ0) is 22.1. The van der Waals surface area contributed by atoms with Gasteiger partial charge >= 0.3 is 0 Å². The normalized spacial score (nSPS) is 10.6. The summed E-state index contributed by atoms with van der Waals surface area (Å²) in [6, 6.07) is 48.6. The Morgan fingerprint density at radius 3 is 1.09 bits per heavy atom. The van der Waals surface area contributed by atoms with Crippen LogP contribution in [0.15, 0.2) is 146 Å². The molecule has 156 valence electrons. The summed E-state index contributed by atoms with van der Waals surface area (Å²) in [6.45, 7) is -2.33. The summed E-state index contributed by atoms with van der Waals surface area (Å²) in [4.78, 5) is 13.8. The predicted octanol–water partition coefficient (Wildman–Crippen LogP) is 5.79. The highest BCUT2D eigenvalue weighted by Gasteiger charge is 2.26. The van der Waals surface area contributed by atoms with Crippen LogP contribution in [-0.4, -0.2) is 11.6 Å². The molecular formula is C30H25OP. The summed E-state index contributed by atoms with van der Waals surface area (Å²) >= 11 is 0. The predicted molar refractivity (Wildman–Crippen MR) is 140 cm³/mol. The second-order valence-corrected chi connectivity index (χ2v) is 10.6. The fraction of sp³-hybridized carbons (Fsp3) is 0. The Morgan fingerprint density at radius 2 is 0.719 bits per heavy atom. The van der Waals surface area contributed by atoms with Gasteiger partial charge in [0.15, 0.2) is 5.78 Å². The average Bonchev–Trinajstić information content (AvgIpc) is 2.87. The van der Waals surface area contributed by atoms with Crippen molar-refractivity contribution < 1.29 is 4.79 Å². The van der Waals surface area contributed by atoms with Crippen molar-refractivity contribution in [3.63, 3.8) is 0 Å². The molecule has 0 bridgehead atoms. The minimum absolute atomic E-state index is 0.0220. The lowest BCUT2D eigenvalue weighted by atomic mass is 10.2. The molecule has 0 heterocycles. The molecule has 0 spiro atoms. The van der Waals surface area contributed by atoms with Crippen LogP contribution in [0.3, 0.4) is 0 Å². The van der Waals surface area contributed by atoms with Gasteiger partial charge in [0.2, 0.25) is 0 Å². The molecule has 32 heavy (non-hydrogen) atoms. The molecule has 0 N–H and O–H groups in total. The van der Waals surface area contributed by atoms with Crippen LogP contribution < -0.4 is 15.9 Å². The van der Waals surface area contributed by atoms with Crippen molar-refractivity contribution in [2.75, 3.05) is 0 Å². The maximum atomic E-state index is 13.8. The molecule has 0 aliphatic heterocycles. The Hall–Kier alpha value is -3.67. The third-order valence-electron chi connectivity index (χ3n) is 5.30. The van der Waals surface area contributed by atoms with Crippen LogP contribution in [0.1, 0.15) is 10.4 Å². The van der Waals surface area contributed by atoms with Gasteiger partial charge in [-0.1, -0.05) is 146 Å². The van der Waals surface area contributed by atoms with E-state index in [4.69, 9.17) is 0 Å². The van der Waals surface area contributed by atoms with E-state index in [0.717, 1.165) is 15.9 Å². The molecule has 0 atom stereocenters. The topological polar surface area (TPSA) is 17.1 Å². The molecular weight excluding hydrogens is 407 g/mol. The van der Waals surface area contributed by atoms with Crippen LogP contribution in [0.2, 0.25) is 0 Å². The van der Waals surface area contributed by atoms with Crippen molar-refractivity contribution >= 4 is 34.4 Å². The number of hydrogen-bond donors (Lipinski definition) is 0. The minimum Gasteiger partial charge on any atom is -0.289 e. The monoisotopic (exact) mass is 432 g/mol. The van der Waals surface area contributed by atoms with Crippen LogP contribution >= 0.6 is 6.89 Å². The van der Waals surface area contributed by atoms with Crippen LogP contribution in [0, 0.1) is 0 Å². The van der Waals surface area contributed by atoms with Gasteiger partial charge in [0.1, 0.15) is 0 Å². The number of Topliss-reactive ketones (excluding diaryl/α,β-unsaturated/α-hetero) is 1. The van der Waals surface area contributed by atoms with Crippen LogP contribution in [0.5, 0.6) is 0 Å². The molecule has 0 radical (unpaired) electrons. The fourth-order valence-electron chi connectivity index (χ4n) is 3.77. The van der Waals surface area contributed by atoms with E-state index in [9.17, 15) is 4.79 Å².